The van der Waals surface area contributed by atoms with Crippen LogP contribution in [0.1, 0.15) is 43.8 Å². The number of nitrogens with zero attached hydrogens (tertiary/aromatic N) is 2. The Labute approximate surface area is 123 Å². The third-order valence-corrected chi connectivity index (χ3v) is 4.73. The van der Waals surface area contributed by atoms with Gasteiger partial charge in [0.05, 0.1) is 0 Å². The van der Waals surface area contributed by atoms with Crippen molar-refractivity contribution in [3.8, 4) is 11.4 Å². The van der Waals surface area contributed by atoms with Crippen LogP contribution < -0.4 is 0 Å². The van der Waals surface area contributed by atoms with Gasteiger partial charge in [-0.2, -0.15) is 0 Å². The molecule has 19 heavy (non-hydrogen) atoms. The molecule has 1 heterocycles. The van der Waals surface area contributed by atoms with Gasteiger partial charge in [0.25, 0.3) is 0 Å². The van der Waals surface area contributed by atoms with E-state index in [2.05, 4.69) is 50.6 Å². The van der Waals surface area contributed by atoms with Gasteiger partial charge in [0, 0.05) is 28.0 Å². The molecule has 0 radical (unpaired) electrons. The first-order valence-corrected chi connectivity index (χ1v) is 7.85. The van der Waals surface area contributed by atoms with E-state index in [1.165, 1.54) is 43.4 Å². The minimum atomic E-state index is 0.623. The standard InChI is InChI=1S/C16H19BrN2/c1-12-11-18-16(14-9-5-6-10-15(14)17)19(12)13-7-3-2-4-8-13/h5-6,9-11,13H,2-4,7-8H2,1H3. The van der Waals surface area contributed by atoms with E-state index in [4.69, 9.17) is 0 Å². The third-order valence-electron chi connectivity index (χ3n) is 4.04. The van der Waals surface area contributed by atoms with Crippen LogP contribution in [0.3, 0.4) is 0 Å². The highest BCUT2D eigenvalue weighted by atomic mass is 79.9. The number of aromatic nitrogens is 2. The summed E-state index contributed by atoms with van der Waals surface area (Å²) >= 11 is 3.65. The van der Waals surface area contributed by atoms with Crippen LogP contribution >= 0.6 is 15.9 Å². The minimum absolute atomic E-state index is 0.623. The molecule has 0 amide bonds. The first kappa shape index (κ1) is 12.9. The van der Waals surface area contributed by atoms with Crippen LogP contribution in [0.25, 0.3) is 11.4 Å². The molecule has 1 aromatic carbocycles. The molecular formula is C16H19BrN2. The predicted octanol–water partition coefficient (Wildman–Crippen LogP) is 5.13. The zero-order valence-electron chi connectivity index (χ0n) is 11.3. The Bertz CT molecular complexity index is 568. The maximum absolute atomic E-state index is 4.65. The van der Waals surface area contributed by atoms with E-state index in [0.29, 0.717) is 6.04 Å². The van der Waals surface area contributed by atoms with Gasteiger partial charge in [-0.05, 0) is 25.8 Å². The molecule has 0 N–H and O–H groups in total. The van der Waals surface area contributed by atoms with E-state index in [1.807, 2.05) is 12.3 Å². The van der Waals surface area contributed by atoms with Crippen LogP contribution in [-0.2, 0) is 0 Å². The predicted molar refractivity (Wildman–Crippen MR) is 82.2 cm³/mol. The van der Waals surface area contributed by atoms with Crippen molar-refractivity contribution in [2.45, 2.75) is 45.1 Å². The van der Waals surface area contributed by atoms with Gasteiger partial charge >= 0.3 is 0 Å². The number of hydrogen-bond acceptors (Lipinski definition) is 1. The summed E-state index contributed by atoms with van der Waals surface area (Å²) in [5.74, 6) is 1.11. The Morgan fingerprint density at radius 1 is 1.16 bits per heavy atom. The maximum Gasteiger partial charge on any atom is 0.141 e. The molecule has 0 saturated heterocycles. The maximum atomic E-state index is 4.65. The lowest BCUT2D eigenvalue weighted by molar-refractivity contribution is 0.351. The van der Waals surface area contributed by atoms with E-state index in [0.717, 1.165) is 10.3 Å². The number of imidazole rings is 1. The minimum Gasteiger partial charge on any atom is -0.325 e. The molecule has 1 saturated carbocycles. The molecule has 0 bridgehead atoms. The second-order valence-corrected chi connectivity index (χ2v) is 6.22. The van der Waals surface area contributed by atoms with Crippen LogP contribution in [0.15, 0.2) is 34.9 Å². The Morgan fingerprint density at radius 2 is 1.89 bits per heavy atom. The molecule has 1 fully saturated rings. The highest BCUT2D eigenvalue weighted by molar-refractivity contribution is 9.10. The highest BCUT2D eigenvalue weighted by Crippen LogP contribution is 2.35. The fraction of sp³-hybridized carbons (Fsp3) is 0.438. The molecule has 1 aromatic heterocycles. The topological polar surface area (TPSA) is 17.8 Å². The summed E-state index contributed by atoms with van der Waals surface area (Å²) in [6.07, 6.45) is 8.65. The number of hydrogen-bond donors (Lipinski definition) is 0. The molecule has 3 rings (SSSR count). The van der Waals surface area contributed by atoms with Crippen LogP contribution in [0, 0.1) is 6.92 Å². The lowest BCUT2D eigenvalue weighted by atomic mass is 9.95. The molecule has 0 atom stereocenters. The number of aryl methyl sites for hydroxylation is 1. The Hall–Kier alpha value is -1.09. The lowest BCUT2D eigenvalue weighted by Crippen LogP contribution is -2.15. The number of halogens is 1. The Kier molecular flexibility index (Phi) is 3.74. The summed E-state index contributed by atoms with van der Waals surface area (Å²) in [7, 11) is 0. The van der Waals surface area contributed by atoms with Crippen molar-refractivity contribution in [2.75, 3.05) is 0 Å². The number of benzene rings is 1. The summed E-state index contributed by atoms with van der Waals surface area (Å²) in [6.45, 7) is 2.17. The van der Waals surface area contributed by atoms with E-state index >= 15 is 0 Å². The second-order valence-electron chi connectivity index (χ2n) is 5.36. The van der Waals surface area contributed by atoms with Crippen molar-refractivity contribution in [1.29, 1.82) is 0 Å². The molecule has 0 unspecified atom stereocenters. The summed E-state index contributed by atoms with van der Waals surface area (Å²) in [5, 5.41) is 0. The fourth-order valence-corrected chi connectivity index (χ4v) is 3.55. The second kappa shape index (κ2) is 5.49. The Balaban J connectivity index is 2.05. The first-order valence-electron chi connectivity index (χ1n) is 7.06. The van der Waals surface area contributed by atoms with E-state index in [-0.39, 0.29) is 0 Å². The largest absolute Gasteiger partial charge is 0.325 e. The smallest absolute Gasteiger partial charge is 0.141 e. The van der Waals surface area contributed by atoms with Crippen molar-refractivity contribution in [1.82, 2.24) is 9.55 Å². The van der Waals surface area contributed by atoms with Gasteiger partial charge in [0.1, 0.15) is 5.82 Å². The van der Waals surface area contributed by atoms with E-state index in [9.17, 15) is 0 Å². The van der Waals surface area contributed by atoms with Gasteiger partial charge in [-0.15, -0.1) is 0 Å². The van der Waals surface area contributed by atoms with Crippen molar-refractivity contribution in [3.05, 3.63) is 40.6 Å². The van der Waals surface area contributed by atoms with Crippen LogP contribution in [-0.4, -0.2) is 9.55 Å². The van der Waals surface area contributed by atoms with E-state index in [1.54, 1.807) is 0 Å². The van der Waals surface area contributed by atoms with Gasteiger partial charge in [-0.1, -0.05) is 53.4 Å². The van der Waals surface area contributed by atoms with Crippen molar-refractivity contribution >= 4 is 15.9 Å². The molecule has 0 aliphatic heterocycles. The van der Waals surface area contributed by atoms with Crippen LogP contribution in [0.4, 0.5) is 0 Å². The van der Waals surface area contributed by atoms with Gasteiger partial charge in [0.2, 0.25) is 0 Å². The molecule has 1 aliphatic rings. The monoisotopic (exact) mass is 318 g/mol. The normalized spacial score (nSPS) is 16.7. The first-order chi connectivity index (χ1) is 9.27. The van der Waals surface area contributed by atoms with Gasteiger partial charge < -0.3 is 4.57 Å². The average molecular weight is 319 g/mol. The summed E-state index contributed by atoms with van der Waals surface area (Å²) < 4.78 is 3.57. The molecule has 1 aliphatic carbocycles. The lowest BCUT2D eigenvalue weighted by Gasteiger charge is -2.26. The van der Waals surface area contributed by atoms with Gasteiger partial charge in [-0.25, -0.2) is 4.98 Å². The highest BCUT2D eigenvalue weighted by Gasteiger charge is 2.21. The quantitative estimate of drug-likeness (QED) is 0.750. The Morgan fingerprint density at radius 3 is 2.63 bits per heavy atom. The third kappa shape index (κ3) is 2.48. The number of rotatable bonds is 2. The zero-order chi connectivity index (χ0) is 13.2. The summed E-state index contributed by atoms with van der Waals surface area (Å²) in [5.41, 5.74) is 2.47. The average Bonchev–Trinajstić information content (AvgIpc) is 2.82. The molecular weight excluding hydrogens is 300 g/mol. The molecule has 100 valence electrons. The molecule has 2 nitrogen and oxygen atoms in total. The van der Waals surface area contributed by atoms with Crippen LogP contribution in [0.5, 0.6) is 0 Å². The van der Waals surface area contributed by atoms with Crippen molar-refractivity contribution in [3.63, 3.8) is 0 Å². The van der Waals surface area contributed by atoms with Crippen LogP contribution in [0.2, 0.25) is 0 Å². The summed E-state index contributed by atoms with van der Waals surface area (Å²) in [4.78, 5) is 4.65. The van der Waals surface area contributed by atoms with Crippen molar-refractivity contribution in [2.24, 2.45) is 0 Å². The molecule has 3 heteroatoms. The zero-order valence-corrected chi connectivity index (χ0v) is 12.9. The van der Waals surface area contributed by atoms with Crippen molar-refractivity contribution < 1.29 is 0 Å². The molecule has 0 spiro atoms. The van der Waals surface area contributed by atoms with Gasteiger partial charge in [-0.3, -0.25) is 0 Å². The SMILES string of the molecule is Cc1cnc(-c2ccccc2Br)n1C1CCCCC1. The summed E-state index contributed by atoms with van der Waals surface area (Å²) in [6, 6.07) is 8.98. The fourth-order valence-electron chi connectivity index (χ4n) is 3.09. The molecule has 2 aromatic rings. The van der Waals surface area contributed by atoms with Gasteiger partial charge in [0.15, 0.2) is 0 Å². The van der Waals surface area contributed by atoms with E-state index < -0.39 is 0 Å².